The van der Waals surface area contributed by atoms with Crippen LogP contribution in [0.1, 0.15) is 36.5 Å². The van der Waals surface area contributed by atoms with E-state index in [0.29, 0.717) is 13.1 Å². The third-order valence-electron chi connectivity index (χ3n) is 6.11. The highest BCUT2D eigenvalue weighted by Crippen LogP contribution is 2.32. The van der Waals surface area contributed by atoms with Gasteiger partial charge in [-0.2, -0.15) is 0 Å². The Kier molecular flexibility index (Phi) is 8.28. The van der Waals surface area contributed by atoms with E-state index in [4.69, 9.17) is 4.74 Å². The molecule has 1 aliphatic heterocycles. The molecule has 3 rings (SSSR count). The number of amides is 2. The second-order valence-corrected chi connectivity index (χ2v) is 8.94. The first-order valence-electron chi connectivity index (χ1n) is 11.3. The number of benzene rings is 2. The summed E-state index contributed by atoms with van der Waals surface area (Å²) < 4.78 is 5.19. The molecular weight excluding hydrogens is 402 g/mol. The molecule has 1 saturated heterocycles. The van der Waals surface area contributed by atoms with E-state index in [2.05, 4.69) is 34.7 Å². The van der Waals surface area contributed by atoms with Gasteiger partial charge in [-0.1, -0.05) is 50.2 Å². The van der Waals surface area contributed by atoms with Crippen LogP contribution in [0.5, 0.6) is 5.75 Å². The Bertz CT molecular complexity index is 894. The number of methoxy groups -OCH3 is 1. The maximum atomic E-state index is 13.0. The van der Waals surface area contributed by atoms with Crippen molar-refractivity contribution in [2.75, 3.05) is 33.8 Å². The molecule has 0 aromatic heterocycles. The molecule has 1 aliphatic rings. The van der Waals surface area contributed by atoms with Crippen molar-refractivity contribution in [1.82, 2.24) is 15.5 Å². The maximum Gasteiger partial charge on any atom is 0.225 e. The monoisotopic (exact) mass is 437 g/mol. The van der Waals surface area contributed by atoms with E-state index in [1.165, 1.54) is 11.1 Å². The number of carbonyl (C=O) groups is 2. The van der Waals surface area contributed by atoms with Crippen LogP contribution in [-0.2, 0) is 22.6 Å². The molecule has 0 bridgehead atoms. The van der Waals surface area contributed by atoms with Gasteiger partial charge < -0.3 is 20.3 Å². The number of nitrogens with one attached hydrogen (secondary N) is 2. The first-order chi connectivity index (χ1) is 15.4. The van der Waals surface area contributed by atoms with Crippen LogP contribution in [0, 0.1) is 11.8 Å². The number of hydrogen-bond donors (Lipinski definition) is 2. The molecule has 2 N–H and O–H groups in total. The Balaban J connectivity index is 1.55. The van der Waals surface area contributed by atoms with Crippen molar-refractivity contribution in [3.63, 3.8) is 0 Å². The molecule has 0 spiro atoms. The summed E-state index contributed by atoms with van der Waals surface area (Å²) in [7, 11) is 3.72. The smallest absolute Gasteiger partial charge is 0.225 e. The zero-order valence-electron chi connectivity index (χ0n) is 19.6. The van der Waals surface area contributed by atoms with Gasteiger partial charge in [0.1, 0.15) is 5.75 Å². The number of carbonyl (C=O) groups excluding carboxylic acids is 2. The van der Waals surface area contributed by atoms with Gasteiger partial charge in [-0.3, -0.25) is 9.59 Å². The van der Waals surface area contributed by atoms with E-state index < -0.39 is 0 Å². The van der Waals surface area contributed by atoms with Crippen molar-refractivity contribution in [3.8, 4) is 5.75 Å². The lowest BCUT2D eigenvalue weighted by Crippen LogP contribution is -2.35. The Morgan fingerprint density at radius 2 is 1.66 bits per heavy atom. The van der Waals surface area contributed by atoms with Crippen molar-refractivity contribution in [3.05, 3.63) is 65.2 Å². The van der Waals surface area contributed by atoms with Gasteiger partial charge in [-0.25, -0.2) is 0 Å². The second-order valence-electron chi connectivity index (χ2n) is 8.94. The molecule has 2 aromatic carbocycles. The van der Waals surface area contributed by atoms with Gasteiger partial charge in [-0.15, -0.1) is 0 Å². The average molecular weight is 438 g/mol. The van der Waals surface area contributed by atoms with E-state index in [0.717, 1.165) is 30.8 Å². The van der Waals surface area contributed by atoms with Crippen LogP contribution in [0.4, 0.5) is 0 Å². The summed E-state index contributed by atoms with van der Waals surface area (Å²) in [6, 6.07) is 16.2. The zero-order valence-corrected chi connectivity index (χ0v) is 19.6. The van der Waals surface area contributed by atoms with Crippen molar-refractivity contribution in [1.29, 1.82) is 0 Å². The largest absolute Gasteiger partial charge is 0.497 e. The van der Waals surface area contributed by atoms with E-state index in [1.807, 2.05) is 50.2 Å². The molecule has 6 heteroatoms. The van der Waals surface area contributed by atoms with Crippen LogP contribution in [0.15, 0.2) is 48.5 Å². The Morgan fingerprint density at radius 1 is 1.00 bits per heavy atom. The van der Waals surface area contributed by atoms with E-state index in [-0.39, 0.29) is 29.6 Å². The topological polar surface area (TPSA) is 70.7 Å². The zero-order chi connectivity index (χ0) is 23.1. The SMILES string of the molecule is COc1ccc(CCNC(=O)[C@@H]2CN(C)C[C@H]2c2ccc(CNC(=O)C(C)C)cc2)cc1. The van der Waals surface area contributed by atoms with Crippen molar-refractivity contribution < 1.29 is 14.3 Å². The van der Waals surface area contributed by atoms with E-state index >= 15 is 0 Å². The minimum Gasteiger partial charge on any atom is -0.497 e. The van der Waals surface area contributed by atoms with Crippen LogP contribution >= 0.6 is 0 Å². The quantitative estimate of drug-likeness (QED) is 0.633. The molecule has 2 atom stereocenters. The Hall–Kier alpha value is -2.86. The predicted molar refractivity (Wildman–Crippen MR) is 127 cm³/mol. The number of hydrogen-bond acceptors (Lipinski definition) is 4. The Morgan fingerprint density at radius 3 is 2.28 bits per heavy atom. The lowest BCUT2D eigenvalue weighted by atomic mass is 9.88. The van der Waals surface area contributed by atoms with Crippen molar-refractivity contribution >= 4 is 11.8 Å². The average Bonchev–Trinajstić information content (AvgIpc) is 3.19. The number of nitrogens with zero attached hydrogens (tertiary/aromatic N) is 1. The summed E-state index contributed by atoms with van der Waals surface area (Å²) in [6.45, 7) is 6.53. The minimum absolute atomic E-state index is 0.0210. The molecule has 0 radical (unpaired) electrons. The normalized spacial score (nSPS) is 18.5. The molecule has 1 heterocycles. The van der Waals surface area contributed by atoms with Gasteiger partial charge in [0.25, 0.3) is 0 Å². The minimum atomic E-state index is -0.0673. The summed E-state index contributed by atoms with van der Waals surface area (Å²) in [5, 5.41) is 6.08. The molecule has 2 amide bonds. The first-order valence-corrected chi connectivity index (χ1v) is 11.3. The van der Waals surface area contributed by atoms with Crippen molar-refractivity contribution in [2.24, 2.45) is 11.8 Å². The highest BCUT2D eigenvalue weighted by Gasteiger charge is 2.36. The summed E-state index contributed by atoms with van der Waals surface area (Å²) in [4.78, 5) is 27.0. The molecule has 0 saturated carbocycles. The van der Waals surface area contributed by atoms with E-state index in [1.54, 1.807) is 7.11 Å². The number of ether oxygens (including phenoxy) is 1. The summed E-state index contributed by atoms with van der Waals surface area (Å²) in [5.74, 6) is 1.08. The highest BCUT2D eigenvalue weighted by molar-refractivity contribution is 5.80. The maximum absolute atomic E-state index is 13.0. The fourth-order valence-electron chi connectivity index (χ4n) is 4.13. The fraction of sp³-hybridized carbons (Fsp3) is 0.462. The summed E-state index contributed by atoms with van der Waals surface area (Å²) in [5.41, 5.74) is 3.41. The van der Waals surface area contributed by atoms with Gasteiger partial charge in [0, 0.05) is 38.0 Å². The van der Waals surface area contributed by atoms with Crippen LogP contribution in [-0.4, -0.2) is 50.5 Å². The van der Waals surface area contributed by atoms with Gasteiger partial charge in [0.05, 0.1) is 13.0 Å². The van der Waals surface area contributed by atoms with Gasteiger partial charge in [0.15, 0.2) is 0 Å². The third-order valence-corrected chi connectivity index (χ3v) is 6.11. The summed E-state index contributed by atoms with van der Waals surface area (Å²) >= 11 is 0. The van der Waals surface area contributed by atoms with E-state index in [9.17, 15) is 9.59 Å². The second kappa shape index (κ2) is 11.1. The molecular formula is C26H35N3O3. The predicted octanol–water partition coefficient (Wildman–Crippen LogP) is 2.97. The van der Waals surface area contributed by atoms with Crippen LogP contribution in [0.2, 0.25) is 0 Å². The molecule has 1 fully saturated rings. The van der Waals surface area contributed by atoms with Gasteiger partial charge >= 0.3 is 0 Å². The number of likely N-dealkylation sites (N-methyl/N-ethyl adjacent to an activating group) is 1. The molecule has 172 valence electrons. The highest BCUT2D eigenvalue weighted by atomic mass is 16.5. The van der Waals surface area contributed by atoms with Crippen LogP contribution in [0.3, 0.4) is 0 Å². The van der Waals surface area contributed by atoms with Crippen molar-refractivity contribution in [2.45, 2.75) is 32.7 Å². The fourth-order valence-corrected chi connectivity index (χ4v) is 4.13. The summed E-state index contributed by atoms with van der Waals surface area (Å²) in [6.07, 6.45) is 0.791. The lowest BCUT2D eigenvalue weighted by molar-refractivity contribution is -0.125. The standard InChI is InChI=1S/C26H35N3O3/c1-18(2)25(30)28-15-20-5-9-21(10-6-20)23-16-29(3)17-24(23)26(31)27-14-13-19-7-11-22(32-4)12-8-19/h5-12,18,23-24H,13-17H2,1-4H3,(H,27,31)(H,28,30)/t23-,24+/m0/s1. The number of rotatable bonds is 9. The van der Waals surface area contributed by atoms with Crippen LogP contribution < -0.4 is 15.4 Å². The molecule has 6 nitrogen and oxygen atoms in total. The van der Waals surface area contributed by atoms with Gasteiger partial charge in [0.2, 0.25) is 11.8 Å². The third kappa shape index (κ3) is 6.33. The Labute approximate surface area is 191 Å². The van der Waals surface area contributed by atoms with Gasteiger partial charge in [-0.05, 0) is 42.3 Å². The molecule has 2 aromatic rings. The molecule has 0 aliphatic carbocycles. The number of likely N-dealkylation sites (tertiary alicyclic amines) is 1. The molecule has 32 heavy (non-hydrogen) atoms. The first kappa shape index (κ1) is 23.8. The molecule has 0 unspecified atom stereocenters. The lowest BCUT2D eigenvalue weighted by Gasteiger charge is -2.19. The van der Waals surface area contributed by atoms with Crippen LogP contribution in [0.25, 0.3) is 0 Å².